The van der Waals surface area contributed by atoms with Gasteiger partial charge in [-0.3, -0.25) is 4.79 Å². The first-order valence-corrected chi connectivity index (χ1v) is 15.0. The molecule has 2 N–H and O–H groups in total. The summed E-state index contributed by atoms with van der Waals surface area (Å²) in [7, 11) is 3.31. The van der Waals surface area contributed by atoms with Gasteiger partial charge in [-0.05, 0) is 19.8 Å². The number of nitrogens with one attached hydrogen (secondary N) is 1. The van der Waals surface area contributed by atoms with Gasteiger partial charge in [0.2, 0.25) is 5.88 Å². The molecule has 1 aliphatic carbocycles. The Balaban J connectivity index is 1.40. The van der Waals surface area contributed by atoms with Crippen LogP contribution in [0.15, 0.2) is 42.9 Å². The minimum Gasteiger partial charge on any atom is -0.477 e. The molecule has 2 fully saturated rings. The minimum atomic E-state index is -1.05. The van der Waals surface area contributed by atoms with Crippen LogP contribution in [0.3, 0.4) is 0 Å². The number of amides is 1. The van der Waals surface area contributed by atoms with Crippen LogP contribution in [0.2, 0.25) is 0 Å². The van der Waals surface area contributed by atoms with Gasteiger partial charge in [-0.2, -0.15) is 5.10 Å². The predicted molar refractivity (Wildman–Crippen MR) is 159 cm³/mol. The number of carbonyl (C=O) groups is 2. The highest BCUT2D eigenvalue weighted by Crippen LogP contribution is 2.41. The summed E-state index contributed by atoms with van der Waals surface area (Å²) in [5, 5.41) is 19.2. The topological polar surface area (TPSA) is 133 Å². The van der Waals surface area contributed by atoms with Crippen molar-refractivity contribution >= 4 is 11.9 Å². The first kappa shape index (κ1) is 30.7. The van der Waals surface area contributed by atoms with Crippen LogP contribution in [0.1, 0.15) is 65.9 Å². The second kappa shape index (κ2) is 13.7. The maximum Gasteiger partial charge on any atom is 0.345 e. The van der Waals surface area contributed by atoms with Gasteiger partial charge in [0.1, 0.15) is 11.2 Å². The van der Waals surface area contributed by atoms with Gasteiger partial charge in [0.15, 0.2) is 5.69 Å². The van der Waals surface area contributed by atoms with Gasteiger partial charge in [-0.1, -0.05) is 43.2 Å². The van der Waals surface area contributed by atoms with Crippen LogP contribution in [0.4, 0.5) is 0 Å². The van der Waals surface area contributed by atoms with Crippen LogP contribution < -0.4 is 10.1 Å². The second-order valence-electron chi connectivity index (χ2n) is 11.2. The van der Waals surface area contributed by atoms with Gasteiger partial charge < -0.3 is 34.1 Å². The van der Waals surface area contributed by atoms with E-state index in [9.17, 15) is 14.7 Å². The number of ether oxygens (including phenoxy) is 3. The highest BCUT2D eigenvalue weighted by molar-refractivity contribution is 5.98. The molecular formula is C31H42N6O6. The second-order valence-corrected chi connectivity index (χ2v) is 11.2. The normalized spacial score (nSPS) is 22.4. The van der Waals surface area contributed by atoms with Crippen LogP contribution in [-0.4, -0.2) is 99.4 Å². The number of esters is 1. The molecule has 1 aliphatic heterocycles. The number of carbonyl (C=O) groups excluding carboxylic acids is 2. The van der Waals surface area contributed by atoms with E-state index in [1.54, 1.807) is 27.4 Å². The maximum absolute atomic E-state index is 14.3. The Labute approximate surface area is 251 Å². The van der Waals surface area contributed by atoms with Crippen molar-refractivity contribution in [2.24, 2.45) is 7.05 Å². The maximum atomic E-state index is 14.3. The molecule has 3 aromatic rings. The Morgan fingerprint density at radius 3 is 2.79 bits per heavy atom. The van der Waals surface area contributed by atoms with E-state index in [1.807, 2.05) is 39.8 Å². The van der Waals surface area contributed by atoms with E-state index in [0.717, 1.165) is 24.8 Å². The molecule has 2 aromatic heterocycles. The van der Waals surface area contributed by atoms with Crippen LogP contribution in [-0.2, 0) is 16.5 Å². The highest BCUT2D eigenvalue weighted by atomic mass is 16.5. The highest BCUT2D eigenvalue weighted by Gasteiger charge is 2.42. The summed E-state index contributed by atoms with van der Waals surface area (Å²) in [4.78, 5) is 33.1. The largest absolute Gasteiger partial charge is 0.477 e. The number of rotatable bonds is 11. The zero-order valence-corrected chi connectivity index (χ0v) is 25.2. The number of imidazole rings is 1. The predicted octanol–water partition coefficient (Wildman–Crippen LogP) is 2.84. The smallest absolute Gasteiger partial charge is 0.345 e. The minimum absolute atomic E-state index is 0.158. The molecular weight excluding hydrogens is 552 g/mol. The summed E-state index contributed by atoms with van der Waals surface area (Å²) < 4.78 is 20.1. The summed E-state index contributed by atoms with van der Waals surface area (Å²) in [6.07, 6.45) is 6.94. The van der Waals surface area contributed by atoms with Crippen molar-refractivity contribution in [1.82, 2.24) is 29.5 Å². The van der Waals surface area contributed by atoms with Crippen LogP contribution in [0.5, 0.6) is 5.88 Å². The molecule has 0 unspecified atom stereocenters. The van der Waals surface area contributed by atoms with Crippen molar-refractivity contribution in [3.05, 3.63) is 54.1 Å². The third-order valence-electron chi connectivity index (χ3n) is 8.41. The SMILES string of the molecule is CCOC(=O)c1cnn(C)c1OCC[C@@H]1CNCCN1C(=O)c1ncn([C@@H]2CCCC[C@@]2(O)COC)c1-c1ccccc1. The Kier molecular flexibility index (Phi) is 9.79. The molecule has 1 saturated carbocycles. The fourth-order valence-electron chi connectivity index (χ4n) is 6.32. The van der Waals surface area contributed by atoms with Crippen molar-refractivity contribution in [1.29, 1.82) is 0 Å². The molecule has 12 nitrogen and oxygen atoms in total. The van der Waals surface area contributed by atoms with Gasteiger partial charge in [0, 0.05) is 51.8 Å². The number of hydrogen-bond donors (Lipinski definition) is 2. The van der Waals surface area contributed by atoms with Gasteiger partial charge in [0.05, 0.1) is 44.1 Å². The summed E-state index contributed by atoms with van der Waals surface area (Å²) in [6.45, 7) is 4.26. The Bertz CT molecular complexity index is 1390. The Morgan fingerprint density at radius 1 is 1.21 bits per heavy atom. The Hall–Kier alpha value is -3.74. The lowest BCUT2D eigenvalue weighted by Crippen LogP contribution is -2.54. The molecule has 1 saturated heterocycles. The lowest BCUT2D eigenvalue weighted by Gasteiger charge is -2.41. The average Bonchev–Trinajstić information content (AvgIpc) is 3.62. The fourth-order valence-corrected chi connectivity index (χ4v) is 6.32. The number of benzene rings is 1. The standard InChI is InChI=1S/C31H42N6O6/c1-4-42-30(39)24-19-34-35(2)29(24)43-17-13-23-18-32-15-16-36(23)28(38)26-27(22-10-6-5-7-11-22)37(21-33-26)25-12-8-9-14-31(25,40)20-41-3/h5-7,10-11,19,21,23,25,32,40H,4,8-9,12-18,20H2,1-3H3/t23-,25-,31-/m1/s1. The molecule has 12 heteroatoms. The number of nitrogens with zero attached hydrogens (tertiary/aromatic N) is 5. The number of hydrogen-bond acceptors (Lipinski definition) is 9. The lowest BCUT2D eigenvalue weighted by atomic mass is 9.80. The van der Waals surface area contributed by atoms with Crippen LogP contribution in [0.25, 0.3) is 11.3 Å². The summed E-state index contributed by atoms with van der Waals surface area (Å²) in [5.41, 5.74) is 1.15. The quantitative estimate of drug-likeness (QED) is 0.322. The third kappa shape index (κ3) is 6.46. The molecule has 0 bridgehead atoms. The zero-order valence-electron chi connectivity index (χ0n) is 25.2. The molecule has 3 atom stereocenters. The van der Waals surface area contributed by atoms with E-state index in [4.69, 9.17) is 14.2 Å². The Morgan fingerprint density at radius 2 is 2.02 bits per heavy atom. The first-order chi connectivity index (χ1) is 20.9. The van der Waals surface area contributed by atoms with E-state index in [2.05, 4.69) is 15.4 Å². The molecule has 1 amide bonds. The molecule has 43 heavy (non-hydrogen) atoms. The van der Waals surface area contributed by atoms with Crippen molar-refractivity contribution in [2.45, 2.75) is 56.7 Å². The molecule has 5 rings (SSSR count). The average molecular weight is 595 g/mol. The summed E-state index contributed by atoms with van der Waals surface area (Å²) in [6, 6.07) is 9.34. The van der Waals surface area contributed by atoms with Gasteiger partial charge in [-0.25, -0.2) is 14.5 Å². The molecule has 2 aliphatic rings. The van der Waals surface area contributed by atoms with Crippen molar-refractivity contribution in [3.8, 4) is 17.1 Å². The van der Waals surface area contributed by atoms with E-state index in [0.29, 0.717) is 49.7 Å². The molecule has 3 heterocycles. The summed E-state index contributed by atoms with van der Waals surface area (Å²) in [5.74, 6) is -0.315. The van der Waals surface area contributed by atoms with E-state index in [-0.39, 0.29) is 43.4 Å². The monoisotopic (exact) mass is 594 g/mol. The van der Waals surface area contributed by atoms with Crippen LogP contribution in [0, 0.1) is 0 Å². The number of piperazine rings is 1. The number of methoxy groups -OCH3 is 1. The van der Waals surface area contributed by atoms with Crippen molar-refractivity contribution in [3.63, 3.8) is 0 Å². The van der Waals surface area contributed by atoms with Crippen LogP contribution >= 0.6 is 0 Å². The van der Waals surface area contributed by atoms with Gasteiger partial charge in [0.25, 0.3) is 5.91 Å². The van der Waals surface area contributed by atoms with E-state index >= 15 is 0 Å². The number of aromatic nitrogens is 4. The molecule has 1 aromatic carbocycles. The first-order valence-electron chi connectivity index (χ1n) is 15.0. The molecule has 232 valence electrons. The van der Waals surface area contributed by atoms with E-state index < -0.39 is 11.6 Å². The lowest BCUT2D eigenvalue weighted by molar-refractivity contribution is -0.0893. The van der Waals surface area contributed by atoms with Crippen molar-refractivity contribution in [2.75, 3.05) is 46.6 Å². The molecule has 0 radical (unpaired) electrons. The third-order valence-corrected chi connectivity index (χ3v) is 8.41. The van der Waals surface area contributed by atoms with E-state index in [1.165, 1.54) is 10.9 Å². The summed E-state index contributed by atoms with van der Waals surface area (Å²) >= 11 is 0. The van der Waals surface area contributed by atoms with Gasteiger partial charge >= 0.3 is 5.97 Å². The van der Waals surface area contributed by atoms with Crippen molar-refractivity contribution < 1.29 is 28.9 Å². The van der Waals surface area contributed by atoms with Gasteiger partial charge in [-0.15, -0.1) is 0 Å². The zero-order chi connectivity index (χ0) is 30.4. The fraction of sp³-hybridized carbons (Fsp3) is 0.548. The number of aliphatic hydroxyl groups is 1. The number of aryl methyl sites for hydroxylation is 1. The molecule has 0 spiro atoms.